The second kappa shape index (κ2) is 9.38. The summed E-state index contributed by atoms with van der Waals surface area (Å²) in [5.41, 5.74) is 2.58. The van der Waals surface area contributed by atoms with Gasteiger partial charge in [-0.15, -0.1) is 11.3 Å². The van der Waals surface area contributed by atoms with Crippen molar-refractivity contribution in [3.8, 4) is 10.6 Å². The Morgan fingerprint density at radius 1 is 1.22 bits per heavy atom. The van der Waals surface area contributed by atoms with Crippen molar-refractivity contribution in [2.75, 3.05) is 13.6 Å². The van der Waals surface area contributed by atoms with E-state index < -0.39 is 0 Å². The van der Waals surface area contributed by atoms with E-state index in [2.05, 4.69) is 59.9 Å². The lowest BCUT2D eigenvalue weighted by Gasteiger charge is -2.20. The van der Waals surface area contributed by atoms with E-state index in [4.69, 9.17) is 11.8 Å². The van der Waals surface area contributed by atoms with Crippen molar-refractivity contribution in [1.29, 1.82) is 0 Å². The summed E-state index contributed by atoms with van der Waals surface area (Å²) in [4.78, 5) is 10.6. The molecule has 0 saturated carbocycles. The molecule has 2 rings (SSSR count). The van der Waals surface area contributed by atoms with Crippen LogP contribution in [0.1, 0.15) is 37.1 Å². The van der Waals surface area contributed by atoms with E-state index in [-0.39, 0.29) is 0 Å². The van der Waals surface area contributed by atoms with Gasteiger partial charge in [-0.25, -0.2) is 9.82 Å². The number of aryl methyl sites for hydroxylation is 1. The van der Waals surface area contributed by atoms with Crippen LogP contribution >= 0.6 is 23.1 Å². The van der Waals surface area contributed by atoms with Gasteiger partial charge >= 0.3 is 0 Å². The fraction of sp³-hybridized carbons (Fsp3) is 0.500. The third-order valence-corrected chi connectivity index (χ3v) is 5.28. The third kappa shape index (κ3) is 5.88. The number of nitrogens with zero attached hydrogens (tertiary/aromatic N) is 2. The molecule has 1 aromatic heterocycles. The normalized spacial score (nSPS) is 11.6. The van der Waals surface area contributed by atoms with Gasteiger partial charge in [0.15, 0.2) is 0 Å². The highest BCUT2D eigenvalue weighted by Crippen LogP contribution is 2.25. The molecular weight excluding hydrogens is 326 g/mol. The second-order valence-electron chi connectivity index (χ2n) is 6.17. The molecule has 1 aromatic carbocycles. The Morgan fingerprint density at radius 2 is 1.96 bits per heavy atom. The van der Waals surface area contributed by atoms with Gasteiger partial charge in [-0.05, 0) is 64.0 Å². The minimum Gasteiger partial charge on any atom is -0.304 e. The zero-order chi connectivity index (χ0) is 16.7. The van der Waals surface area contributed by atoms with Crippen LogP contribution in [-0.2, 0) is 13.0 Å². The van der Waals surface area contributed by atoms with Crippen LogP contribution in [0.5, 0.6) is 0 Å². The van der Waals surface area contributed by atoms with Crippen LogP contribution in [0, 0.1) is 0 Å². The Hall–Kier alpha value is -0.940. The molecule has 0 bridgehead atoms. The Kier molecular flexibility index (Phi) is 7.50. The summed E-state index contributed by atoms with van der Waals surface area (Å²) in [6.45, 7) is 6.31. The van der Waals surface area contributed by atoms with Crippen LogP contribution < -0.4 is 4.84 Å². The number of aromatic nitrogens is 1. The fourth-order valence-corrected chi connectivity index (χ4v) is 3.43. The van der Waals surface area contributed by atoms with Crippen molar-refractivity contribution >= 4 is 23.1 Å². The fourth-order valence-electron chi connectivity index (χ4n) is 2.35. The van der Waals surface area contributed by atoms with Crippen molar-refractivity contribution in [2.24, 2.45) is 0 Å². The maximum atomic E-state index is 5.54. The van der Waals surface area contributed by atoms with Gasteiger partial charge in [-0.2, -0.15) is 0 Å². The minimum atomic E-state index is 0.631. The van der Waals surface area contributed by atoms with Crippen molar-refractivity contribution < 1.29 is 0 Å². The first kappa shape index (κ1) is 18.4. The van der Waals surface area contributed by atoms with E-state index in [0.717, 1.165) is 16.3 Å². The Bertz CT molecular complexity index is 580. The quantitative estimate of drug-likeness (QED) is 0.523. The SMILES string of the molecule is CC(C)N(C)CCCCc1ccc(-c2ncc(CNCl)s2)cc1. The molecule has 0 aliphatic heterocycles. The standard InChI is InChI=1S/C18H26ClN3S/c1-14(2)22(3)11-5-4-6-15-7-9-16(10-8-15)18-20-12-17(23-18)13-21-19/h7-10,12,14,21H,4-6,11,13H2,1-3H3. The first-order valence-corrected chi connectivity index (χ1v) is 9.37. The number of halogens is 1. The second-order valence-corrected chi connectivity index (χ2v) is 7.55. The number of rotatable bonds is 9. The first-order chi connectivity index (χ1) is 11.1. The molecule has 0 aliphatic rings. The monoisotopic (exact) mass is 351 g/mol. The molecule has 2 aromatic rings. The molecule has 0 radical (unpaired) electrons. The van der Waals surface area contributed by atoms with Crippen LogP contribution in [-0.4, -0.2) is 29.5 Å². The summed E-state index contributed by atoms with van der Waals surface area (Å²) in [5, 5.41) is 1.05. The number of hydrogen-bond donors (Lipinski definition) is 1. The van der Waals surface area contributed by atoms with Crippen molar-refractivity contribution in [1.82, 2.24) is 14.7 Å². The van der Waals surface area contributed by atoms with Gasteiger partial charge in [0.2, 0.25) is 0 Å². The lowest BCUT2D eigenvalue weighted by Crippen LogP contribution is -2.27. The summed E-state index contributed by atoms with van der Waals surface area (Å²) < 4.78 is 0. The van der Waals surface area contributed by atoms with E-state index in [1.807, 2.05) is 6.20 Å². The number of benzene rings is 1. The predicted octanol–water partition coefficient (Wildman–Crippen LogP) is 4.72. The largest absolute Gasteiger partial charge is 0.304 e. The van der Waals surface area contributed by atoms with E-state index in [0.29, 0.717) is 12.6 Å². The van der Waals surface area contributed by atoms with Gasteiger partial charge in [-0.1, -0.05) is 24.3 Å². The Labute approximate surface area is 148 Å². The van der Waals surface area contributed by atoms with Crippen LogP contribution in [0.4, 0.5) is 0 Å². The van der Waals surface area contributed by atoms with Crippen LogP contribution in [0.25, 0.3) is 10.6 Å². The smallest absolute Gasteiger partial charge is 0.123 e. The summed E-state index contributed by atoms with van der Waals surface area (Å²) in [5.74, 6) is 0. The molecule has 5 heteroatoms. The topological polar surface area (TPSA) is 28.2 Å². The van der Waals surface area contributed by atoms with Crippen molar-refractivity contribution in [3.63, 3.8) is 0 Å². The van der Waals surface area contributed by atoms with E-state index in [1.165, 1.54) is 30.5 Å². The molecule has 0 spiro atoms. The zero-order valence-electron chi connectivity index (χ0n) is 14.2. The third-order valence-electron chi connectivity index (χ3n) is 4.10. The first-order valence-electron chi connectivity index (χ1n) is 8.18. The zero-order valence-corrected chi connectivity index (χ0v) is 15.8. The summed E-state index contributed by atoms with van der Waals surface area (Å²) >= 11 is 7.22. The minimum absolute atomic E-state index is 0.631. The lowest BCUT2D eigenvalue weighted by atomic mass is 10.1. The number of nitrogens with one attached hydrogen (secondary N) is 1. The van der Waals surface area contributed by atoms with Gasteiger partial charge < -0.3 is 4.90 Å². The molecule has 0 amide bonds. The highest BCUT2D eigenvalue weighted by molar-refractivity contribution is 7.15. The predicted molar refractivity (Wildman–Crippen MR) is 101 cm³/mol. The average Bonchev–Trinajstić information content (AvgIpc) is 3.01. The van der Waals surface area contributed by atoms with Crippen molar-refractivity contribution in [3.05, 3.63) is 40.9 Å². The molecule has 126 valence electrons. The average molecular weight is 352 g/mol. The number of unbranched alkanes of at least 4 members (excludes halogenated alkanes) is 1. The van der Waals surface area contributed by atoms with Crippen molar-refractivity contribution in [2.45, 2.75) is 45.7 Å². The molecule has 0 fully saturated rings. The molecule has 3 nitrogen and oxygen atoms in total. The van der Waals surface area contributed by atoms with Gasteiger partial charge in [0.05, 0.1) is 0 Å². The number of thiazole rings is 1. The number of hydrogen-bond acceptors (Lipinski definition) is 4. The van der Waals surface area contributed by atoms with Crippen LogP contribution in [0.2, 0.25) is 0 Å². The summed E-state index contributed by atoms with van der Waals surface area (Å²) in [6.07, 6.45) is 5.51. The molecule has 0 saturated heterocycles. The Balaban J connectivity index is 1.82. The highest BCUT2D eigenvalue weighted by Gasteiger charge is 2.05. The van der Waals surface area contributed by atoms with E-state index in [9.17, 15) is 0 Å². The van der Waals surface area contributed by atoms with E-state index >= 15 is 0 Å². The molecule has 0 aliphatic carbocycles. The van der Waals surface area contributed by atoms with Gasteiger partial charge in [0.1, 0.15) is 5.01 Å². The molecule has 0 unspecified atom stereocenters. The Morgan fingerprint density at radius 3 is 2.61 bits per heavy atom. The van der Waals surface area contributed by atoms with Gasteiger partial charge in [0.25, 0.3) is 0 Å². The summed E-state index contributed by atoms with van der Waals surface area (Å²) in [7, 11) is 2.20. The molecule has 1 heterocycles. The maximum Gasteiger partial charge on any atom is 0.123 e. The van der Waals surface area contributed by atoms with E-state index in [1.54, 1.807) is 11.3 Å². The molecule has 1 N–H and O–H groups in total. The van der Waals surface area contributed by atoms with Crippen LogP contribution in [0.15, 0.2) is 30.5 Å². The summed E-state index contributed by atoms with van der Waals surface area (Å²) in [6, 6.07) is 9.43. The molecule has 0 atom stereocenters. The van der Waals surface area contributed by atoms with Gasteiger partial charge in [0, 0.05) is 29.2 Å². The molecular formula is C18H26ClN3S. The maximum absolute atomic E-state index is 5.54. The molecule has 23 heavy (non-hydrogen) atoms. The van der Waals surface area contributed by atoms with Gasteiger partial charge in [-0.3, -0.25) is 0 Å². The highest BCUT2D eigenvalue weighted by atomic mass is 35.5. The van der Waals surface area contributed by atoms with Crippen LogP contribution in [0.3, 0.4) is 0 Å². The lowest BCUT2D eigenvalue weighted by molar-refractivity contribution is 0.268.